The van der Waals surface area contributed by atoms with Gasteiger partial charge < -0.3 is 71.6 Å². The zero-order valence-corrected chi connectivity index (χ0v) is 38.3. The van der Waals surface area contributed by atoms with Crippen LogP contribution in [0, 0.1) is 0 Å². The van der Waals surface area contributed by atoms with E-state index in [1.807, 2.05) is 0 Å². The van der Waals surface area contributed by atoms with E-state index in [1.165, 1.54) is 89.9 Å². The Morgan fingerprint density at radius 2 is 1.02 bits per heavy atom. The van der Waals surface area contributed by atoms with Crippen molar-refractivity contribution in [2.75, 3.05) is 32.8 Å². The molecule has 63 heavy (non-hydrogen) atoms. The number of carbonyl (C=O) groups excluding carboxylic acids is 4. The van der Waals surface area contributed by atoms with Crippen LogP contribution in [-0.4, -0.2) is 158 Å². The Balaban J connectivity index is 2.67. The van der Waals surface area contributed by atoms with E-state index in [-0.39, 0.29) is 37.9 Å². The highest BCUT2D eigenvalue weighted by atomic mass is 16.7. The number of aliphatic hydroxyl groups excluding tert-OH is 8. The molecule has 0 aromatic carbocycles. The highest BCUT2D eigenvalue weighted by molar-refractivity contribution is 5.88. The number of hydrogen-bond acceptors (Lipinski definition) is 14. The molecule has 18 nitrogen and oxygen atoms in total. The molecular formula is C45H86N4O14. The Morgan fingerprint density at radius 3 is 1.48 bits per heavy atom. The van der Waals surface area contributed by atoms with E-state index >= 15 is 0 Å². The minimum Gasteiger partial charge on any atom is -0.394 e. The summed E-state index contributed by atoms with van der Waals surface area (Å²) in [6.45, 7) is 1.98. The molecule has 0 spiro atoms. The molecule has 10 atom stereocenters. The Bertz CT molecular complexity index is 1200. The normalized spacial score (nSPS) is 21.2. The summed E-state index contributed by atoms with van der Waals surface area (Å²) in [6, 6.07) is -1.10. The summed E-state index contributed by atoms with van der Waals surface area (Å²) < 4.78 is 10.6. The summed E-state index contributed by atoms with van der Waals surface area (Å²) in [4.78, 5) is 51.7. The minimum absolute atomic E-state index is 0.146. The molecule has 1 aliphatic rings. The third-order valence-electron chi connectivity index (χ3n) is 11.5. The molecule has 0 radical (unpaired) electrons. The molecular weight excluding hydrogens is 821 g/mol. The number of hydrogen-bond donors (Lipinski definition) is 12. The molecule has 0 bridgehead atoms. The van der Waals surface area contributed by atoms with Crippen LogP contribution in [0.4, 0.5) is 0 Å². The summed E-state index contributed by atoms with van der Waals surface area (Å²) in [5.74, 6) is -2.35. The van der Waals surface area contributed by atoms with Gasteiger partial charge in [0.25, 0.3) is 5.91 Å². The molecule has 1 saturated heterocycles. The van der Waals surface area contributed by atoms with Gasteiger partial charge in [-0.05, 0) is 12.8 Å². The van der Waals surface area contributed by atoms with Crippen LogP contribution < -0.4 is 21.3 Å². The Morgan fingerprint density at radius 1 is 0.571 bits per heavy atom. The van der Waals surface area contributed by atoms with E-state index in [2.05, 4.69) is 35.1 Å². The van der Waals surface area contributed by atoms with E-state index in [0.29, 0.717) is 19.3 Å². The number of rotatable bonds is 39. The predicted octanol–water partition coefficient (Wildman–Crippen LogP) is 1.48. The van der Waals surface area contributed by atoms with Crippen LogP contribution in [0.1, 0.15) is 168 Å². The molecule has 370 valence electrons. The molecule has 18 heteroatoms. The lowest BCUT2D eigenvalue weighted by atomic mass is 9.98. The molecule has 1 rings (SSSR count). The quantitative estimate of drug-likeness (QED) is 0.0390. The second-order valence-electron chi connectivity index (χ2n) is 17.1. The van der Waals surface area contributed by atoms with Gasteiger partial charge in [-0.3, -0.25) is 19.2 Å². The van der Waals surface area contributed by atoms with Crippen LogP contribution in [0.2, 0.25) is 0 Å². The summed E-state index contributed by atoms with van der Waals surface area (Å²) >= 11 is 0. The largest absolute Gasteiger partial charge is 0.394 e. The second-order valence-corrected chi connectivity index (χ2v) is 17.1. The lowest BCUT2D eigenvalue weighted by molar-refractivity contribution is -0.326. The van der Waals surface area contributed by atoms with Gasteiger partial charge in [0.2, 0.25) is 17.7 Å². The highest BCUT2D eigenvalue weighted by Gasteiger charge is 2.47. The fourth-order valence-corrected chi connectivity index (χ4v) is 7.45. The smallest absolute Gasteiger partial charge is 0.251 e. The number of unbranched alkanes of at least 4 members (excludes halogenated alkanes) is 20. The number of amides is 4. The van der Waals surface area contributed by atoms with Crippen molar-refractivity contribution in [2.45, 2.75) is 229 Å². The van der Waals surface area contributed by atoms with Gasteiger partial charge in [-0.2, -0.15) is 0 Å². The van der Waals surface area contributed by atoms with Crippen molar-refractivity contribution in [3.8, 4) is 0 Å². The minimum atomic E-state index is -2.28. The van der Waals surface area contributed by atoms with Crippen molar-refractivity contribution in [1.29, 1.82) is 0 Å². The topological polar surface area (TPSA) is 297 Å². The van der Waals surface area contributed by atoms with Gasteiger partial charge in [-0.15, -0.1) is 0 Å². The van der Waals surface area contributed by atoms with E-state index in [4.69, 9.17) is 9.47 Å². The molecule has 1 unspecified atom stereocenters. The monoisotopic (exact) mass is 907 g/mol. The maximum absolute atomic E-state index is 13.3. The second kappa shape index (κ2) is 36.7. The standard InChI is InChI=1S/C45H86N4O14/c1-3-5-7-9-11-13-15-17-19-21-23-25-35(53)48-29-32(49-36(54)26-24-22-20-18-16-14-12-10-8-6-4-2)43(60)46-27-28-47-44(61)40(58)39(57)42(33(52)30-50)63-45-41(59)38(56)37(55)34(31-51)62-45/h32-34,37-42,45,50-52,55-59H,3-31H2,1-2H3,(H,46,60)(H,47,61)(H,48,53)(H,49,54)/t32?,33-,34-,37+,38+,39-,40-,41-,42-,45+/m1/s1. The lowest BCUT2D eigenvalue weighted by Gasteiger charge is -2.42. The summed E-state index contributed by atoms with van der Waals surface area (Å²) in [5.41, 5.74) is 0. The first-order valence-electron chi connectivity index (χ1n) is 24.0. The number of ether oxygens (including phenoxy) is 2. The first kappa shape index (κ1) is 58.5. The summed E-state index contributed by atoms with van der Waals surface area (Å²) in [6.07, 6.45) is 8.30. The van der Waals surface area contributed by atoms with Crippen LogP contribution in [0.15, 0.2) is 0 Å². The first-order chi connectivity index (χ1) is 30.3. The molecule has 12 N–H and O–H groups in total. The molecule has 1 heterocycles. The van der Waals surface area contributed by atoms with Crippen LogP contribution in [0.25, 0.3) is 0 Å². The molecule has 0 saturated carbocycles. The Hall–Kier alpha value is -2.52. The van der Waals surface area contributed by atoms with Crippen LogP contribution >= 0.6 is 0 Å². The Labute approximate surface area is 375 Å². The van der Waals surface area contributed by atoms with Crippen molar-refractivity contribution in [3.63, 3.8) is 0 Å². The van der Waals surface area contributed by atoms with Gasteiger partial charge in [0.1, 0.15) is 48.8 Å². The fraction of sp³-hybridized carbons (Fsp3) is 0.911. The van der Waals surface area contributed by atoms with Gasteiger partial charge in [-0.1, -0.05) is 142 Å². The van der Waals surface area contributed by atoms with Crippen molar-refractivity contribution in [3.05, 3.63) is 0 Å². The first-order valence-corrected chi connectivity index (χ1v) is 24.0. The zero-order chi connectivity index (χ0) is 46.8. The van der Waals surface area contributed by atoms with E-state index in [0.717, 1.165) is 38.5 Å². The average Bonchev–Trinajstić information content (AvgIpc) is 3.28. The average molecular weight is 907 g/mol. The summed E-state index contributed by atoms with van der Waals surface area (Å²) in [7, 11) is 0. The molecule has 4 amide bonds. The maximum Gasteiger partial charge on any atom is 0.251 e. The number of aliphatic hydroxyl groups is 8. The predicted molar refractivity (Wildman–Crippen MR) is 237 cm³/mol. The van der Waals surface area contributed by atoms with Crippen LogP contribution in [-0.2, 0) is 28.7 Å². The van der Waals surface area contributed by atoms with Crippen LogP contribution in [0.5, 0.6) is 0 Å². The zero-order valence-electron chi connectivity index (χ0n) is 38.3. The van der Waals surface area contributed by atoms with Gasteiger partial charge in [0, 0.05) is 32.5 Å². The lowest BCUT2D eigenvalue weighted by Crippen LogP contribution is -2.62. The molecule has 1 fully saturated rings. The number of nitrogens with one attached hydrogen (secondary N) is 4. The molecule has 0 aromatic rings. The summed E-state index contributed by atoms with van der Waals surface area (Å²) in [5, 5.41) is 91.4. The van der Waals surface area contributed by atoms with Crippen molar-refractivity contribution in [2.24, 2.45) is 0 Å². The van der Waals surface area contributed by atoms with Gasteiger partial charge in [0.15, 0.2) is 12.4 Å². The third-order valence-corrected chi connectivity index (χ3v) is 11.5. The van der Waals surface area contributed by atoms with Crippen molar-refractivity contribution < 1.29 is 69.5 Å². The highest BCUT2D eigenvalue weighted by Crippen LogP contribution is 2.25. The Kier molecular flexibility index (Phi) is 34.0. The fourth-order valence-electron chi connectivity index (χ4n) is 7.45. The third kappa shape index (κ3) is 25.7. The molecule has 0 aromatic heterocycles. The van der Waals surface area contributed by atoms with Gasteiger partial charge >= 0.3 is 0 Å². The van der Waals surface area contributed by atoms with E-state index in [9.17, 15) is 60.0 Å². The number of carbonyl (C=O) groups is 4. The SMILES string of the molecule is CCCCCCCCCCCCCC(=O)NCC(NC(=O)CCCCCCCCCCCCC)C(=O)NCCNC(=O)[C@H](O)[C@@H](O)[C@H](O[C@@H]1O[C@H](CO)[C@H](O)[C@H](O)[C@H]1O)[C@H](O)CO. The van der Waals surface area contributed by atoms with Crippen molar-refractivity contribution >= 4 is 23.6 Å². The van der Waals surface area contributed by atoms with Gasteiger partial charge in [0.05, 0.1) is 13.2 Å². The van der Waals surface area contributed by atoms with Gasteiger partial charge in [-0.25, -0.2) is 0 Å². The van der Waals surface area contributed by atoms with E-state index < -0.39 is 86.2 Å². The molecule has 1 aliphatic heterocycles. The molecule has 0 aliphatic carbocycles. The van der Waals surface area contributed by atoms with Crippen LogP contribution in [0.3, 0.4) is 0 Å². The maximum atomic E-state index is 13.3. The van der Waals surface area contributed by atoms with E-state index in [1.54, 1.807) is 0 Å². The van der Waals surface area contributed by atoms with Crippen molar-refractivity contribution in [1.82, 2.24) is 21.3 Å².